The molecule has 0 bridgehead atoms. The van der Waals surface area contributed by atoms with Crippen molar-refractivity contribution in [3.05, 3.63) is 81.5 Å². The molecule has 0 amide bonds. The molecule has 3 rings (SSSR count). The van der Waals surface area contributed by atoms with Crippen molar-refractivity contribution in [3.8, 4) is 0 Å². The van der Waals surface area contributed by atoms with E-state index in [1.165, 1.54) is 31.2 Å². The normalized spacial score (nSPS) is 12.9. The van der Waals surface area contributed by atoms with Crippen LogP contribution in [0.5, 0.6) is 0 Å². The zero-order valence-electron chi connectivity index (χ0n) is 15.3. The zero-order valence-corrected chi connectivity index (χ0v) is 16.9. The Morgan fingerprint density at radius 2 is 1.90 bits per heavy atom. The van der Waals surface area contributed by atoms with Gasteiger partial charge < -0.3 is 9.72 Å². The fourth-order valence-electron chi connectivity index (χ4n) is 2.79. The summed E-state index contributed by atoms with van der Waals surface area (Å²) in [5.74, 6) is -2.64. The minimum absolute atomic E-state index is 0.0465. The van der Waals surface area contributed by atoms with Crippen LogP contribution >= 0.6 is 11.6 Å². The summed E-state index contributed by atoms with van der Waals surface area (Å²) in [5, 5.41) is -0.356. The molecule has 1 heterocycles. The van der Waals surface area contributed by atoms with Crippen LogP contribution in [0.1, 0.15) is 28.7 Å². The second-order valence-corrected chi connectivity index (χ2v) is 8.74. The molecular weight excluding hydrogens is 429 g/mol. The third-order valence-electron chi connectivity index (χ3n) is 4.14. The molecule has 1 atom stereocenters. The van der Waals surface area contributed by atoms with Crippen molar-refractivity contribution >= 4 is 21.4 Å². The Morgan fingerprint density at radius 1 is 1.17 bits per heavy atom. The Hall–Kier alpha value is -2.36. The molecule has 0 aliphatic rings. The highest BCUT2D eigenvalue weighted by Gasteiger charge is 2.25. The molecule has 3 aromatic rings. The van der Waals surface area contributed by atoms with Crippen LogP contribution in [0.4, 0.5) is 13.2 Å². The topological polar surface area (TPSA) is 72.0 Å². The van der Waals surface area contributed by atoms with Gasteiger partial charge in [-0.15, -0.1) is 0 Å². The SMILES string of the molecule is Cc1[nH]c(C(OCc2cccc(F)c2F)c2ccc(F)c(Cl)c2)nc1S(C)(=O)=O. The number of rotatable bonds is 6. The summed E-state index contributed by atoms with van der Waals surface area (Å²) < 4.78 is 70.5. The number of H-pyrrole nitrogens is 1. The number of aromatic nitrogens is 2. The Morgan fingerprint density at radius 3 is 2.52 bits per heavy atom. The lowest BCUT2D eigenvalue weighted by Crippen LogP contribution is -2.10. The van der Waals surface area contributed by atoms with Gasteiger partial charge >= 0.3 is 0 Å². The number of imidazole rings is 1. The van der Waals surface area contributed by atoms with Gasteiger partial charge in [-0.05, 0) is 30.7 Å². The summed E-state index contributed by atoms with van der Waals surface area (Å²) in [7, 11) is -3.62. The first-order chi connectivity index (χ1) is 13.6. The van der Waals surface area contributed by atoms with Gasteiger partial charge in [0.2, 0.25) is 0 Å². The van der Waals surface area contributed by atoms with Gasteiger partial charge in [0.05, 0.1) is 17.3 Å². The Balaban J connectivity index is 2.02. The van der Waals surface area contributed by atoms with Crippen LogP contribution < -0.4 is 0 Å². The lowest BCUT2D eigenvalue weighted by Gasteiger charge is -2.17. The molecule has 154 valence electrons. The van der Waals surface area contributed by atoms with Gasteiger partial charge in [-0.2, -0.15) is 0 Å². The van der Waals surface area contributed by atoms with Crippen LogP contribution in [0.3, 0.4) is 0 Å². The minimum atomic E-state index is -3.62. The molecule has 1 aromatic heterocycles. The lowest BCUT2D eigenvalue weighted by molar-refractivity contribution is 0.0592. The Labute approximate surface area is 170 Å². The standard InChI is InChI=1S/C19H16ClF3N2O3S/c1-10-19(29(2,26)27)25-18(24-10)17(11-6-7-14(21)13(20)8-11)28-9-12-4-3-5-15(22)16(12)23/h3-8,17H,9H2,1-2H3,(H,24,25). The highest BCUT2D eigenvalue weighted by molar-refractivity contribution is 7.90. The summed E-state index contributed by atoms with van der Waals surface area (Å²) in [6.07, 6.45) is -0.0304. The number of benzene rings is 2. The molecule has 10 heteroatoms. The number of aryl methyl sites for hydroxylation is 1. The highest BCUT2D eigenvalue weighted by atomic mass is 35.5. The van der Waals surface area contributed by atoms with E-state index in [4.69, 9.17) is 16.3 Å². The first kappa shape index (κ1) is 21.4. The molecule has 0 aliphatic carbocycles. The van der Waals surface area contributed by atoms with E-state index in [1.54, 1.807) is 0 Å². The summed E-state index contributed by atoms with van der Waals surface area (Å²) >= 11 is 5.85. The van der Waals surface area contributed by atoms with E-state index in [0.29, 0.717) is 5.56 Å². The quantitative estimate of drug-likeness (QED) is 0.607. The van der Waals surface area contributed by atoms with Gasteiger partial charge in [0, 0.05) is 11.8 Å². The largest absolute Gasteiger partial charge is 0.361 e. The van der Waals surface area contributed by atoms with Crippen molar-refractivity contribution in [2.75, 3.05) is 6.26 Å². The van der Waals surface area contributed by atoms with E-state index in [1.807, 2.05) is 0 Å². The van der Waals surface area contributed by atoms with Crippen molar-refractivity contribution in [1.29, 1.82) is 0 Å². The maximum Gasteiger partial charge on any atom is 0.194 e. The molecule has 1 N–H and O–H groups in total. The summed E-state index contributed by atoms with van der Waals surface area (Å²) in [6, 6.07) is 7.45. The van der Waals surface area contributed by atoms with Crippen LogP contribution in [-0.2, 0) is 21.2 Å². The predicted molar refractivity (Wildman–Crippen MR) is 101 cm³/mol. The van der Waals surface area contributed by atoms with Gasteiger partial charge in [-0.25, -0.2) is 26.6 Å². The second-order valence-electron chi connectivity index (χ2n) is 6.40. The second kappa shape index (κ2) is 8.17. The number of sulfone groups is 1. The lowest BCUT2D eigenvalue weighted by atomic mass is 10.1. The average molecular weight is 445 g/mol. The van der Waals surface area contributed by atoms with Gasteiger partial charge in [0.1, 0.15) is 17.7 Å². The monoisotopic (exact) mass is 444 g/mol. The van der Waals surface area contributed by atoms with Crippen LogP contribution in [0, 0.1) is 24.4 Å². The van der Waals surface area contributed by atoms with Crippen LogP contribution in [-0.4, -0.2) is 24.6 Å². The molecule has 29 heavy (non-hydrogen) atoms. The van der Waals surface area contributed by atoms with Crippen molar-refractivity contribution in [2.24, 2.45) is 0 Å². The van der Waals surface area contributed by atoms with Crippen molar-refractivity contribution in [1.82, 2.24) is 9.97 Å². The van der Waals surface area contributed by atoms with Crippen LogP contribution in [0.2, 0.25) is 5.02 Å². The van der Waals surface area contributed by atoms with E-state index < -0.39 is 33.4 Å². The third-order valence-corrected chi connectivity index (χ3v) is 5.53. The average Bonchev–Trinajstić information content (AvgIpc) is 3.03. The maximum absolute atomic E-state index is 14.0. The molecule has 0 saturated carbocycles. The summed E-state index contributed by atoms with van der Waals surface area (Å²) in [6.45, 7) is 1.17. The molecule has 5 nitrogen and oxygen atoms in total. The van der Waals surface area contributed by atoms with Crippen LogP contribution in [0.25, 0.3) is 0 Å². The number of hydrogen-bond acceptors (Lipinski definition) is 4. The molecule has 2 aromatic carbocycles. The fourth-order valence-corrected chi connectivity index (χ4v) is 3.85. The first-order valence-corrected chi connectivity index (χ1v) is 10.6. The van der Waals surface area contributed by atoms with Crippen molar-refractivity contribution in [2.45, 2.75) is 24.7 Å². The van der Waals surface area contributed by atoms with Gasteiger partial charge in [-0.3, -0.25) is 0 Å². The third kappa shape index (κ3) is 4.63. The zero-order chi connectivity index (χ0) is 21.3. The van der Waals surface area contributed by atoms with Crippen LogP contribution in [0.15, 0.2) is 41.4 Å². The van der Waals surface area contributed by atoms with Gasteiger partial charge in [0.25, 0.3) is 0 Å². The highest BCUT2D eigenvalue weighted by Crippen LogP contribution is 2.30. The number of nitrogens with one attached hydrogen (secondary N) is 1. The number of halogens is 4. The van der Waals surface area contributed by atoms with E-state index in [2.05, 4.69) is 9.97 Å². The molecule has 0 aliphatic heterocycles. The Bertz CT molecular complexity index is 1170. The summed E-state index contributed by atoms with van der Waals surface area (Å²) in [4.78, 5) is 6.92. The maximum atomic E-state index is 14.0. The van der Waals surface area contributed by atoms with Crippen molar-refractivity contribution in [3.63, 3.8) is 0 Å². The number of nitrogens with zero attached hydrogens (tertiary/aromatic N) is 1. The molecule has 0 saturated heterocycles. The van der Waals surface area contributed by atoms with Crippen molar-refractivity contribution < 1.29 is 26.3 Å². The molecule has 0 spiro atoms. The number of ether oxygens (including phenoxy) is 1. The first-order valence-electron chi connectivity index (χ1n) is 8.34. The van der Waals surface area contributed by atoms with E-state index in [0.717, 1.165) is 18.4 Å². The smallest absolute Gasteiger partial charge is 0.194 e. The van der Waals surface area contributed by atoms with E-state index in [-0.39, 0.29) is 33.7 Å². The van der Waals surface area contributed by atoms with E-state index >= 15 is 0 Å². The minimum Gasteiger partial charge on any atom is -0.361 e. The number of aromatic amines is 1. The van der Waals surface area contributed by atoms with Gasteiger partial charge in [0.15, 0.2) is 26.5 Å². The van der Waals surface area contributed by atoms with E-state index in [9.17, 15) is 21.6 Å². The summed E-state index contributed by atoms with van der Waals surface area (Å²) in [5.41, 5.74) is 0.582. The molecule has 1 unspecified atom stereocenters. The molecule has 0 fully saturated rings. The fraction of sp³-hybridized carbons (Fsp3) is 0.211. The number of hydrogen-bond donors (Lipinski definition) is 1. The molecular formula is C19H16ClF3N2O3S. The van der Waals surface area contributed by atoms with Gasteiger partial charge in [-0.1, -0.05) is 29.8 Å². The molecule has 0 radical (unpaired) electrons. The Kier molecular flexibility index (Phi) is 6.02. The predicted octanol–water partition coefficient (Wildman–Crippen LogP) is 4.50.